The first-order valence-corrected chi connectivity index (χ1v) is 11.2. The van der Waals surface area contributed by atoms with Gasteiger partial charge < -0.3 is 19.9 Å². The molecule has 0 unspecified atom stereocenters. The van der Waals surface area contributed by atoms with Crippen LogP contribution >= 0.6 is 0 Å². The van der Waals surface area contributed by atoms with Crippen molar-refractivity contribution >= 4 is 11.9 Å². The molecular weight excluding hydrogens is 354 g/mol. The molecule has 4 aliphatic rings. The van der Waals surface area contributed by atoms with E-state index in [0.717, 1.165) is 51.5 Å². The van der Waals surface area contributed by atoms with Gasteiger partial charge in [0, 0.05) is 58.5 Å². The van der Waals surface area contributed by atoms with Crippen LogP contribution in [0.1, 0.15) is 51.4 Å². The van der Waals surface area contributed by atoms with Crippen molar-refractivity contribution in [3.05, 3.63) is 0 Å². The van der Waals surface area contributed by atoms with Crippen molar-refractivity contribution in [2.75, 3.05) is 53.4 Å². The van der Waals surface area contributed by atoms with Gasteiger partial charge in [0.1, 0.15) is 0 Å². The number of likely N-dealkylation sites (tertiary alicyclic amines) is 1. The van der Waals surface area contributed by atoms with Crippen molar-refractivity contribution in [2.24, 2.45) is 4.99 Å². The van der Waals surface area contributed by atoms with Gasteiger partial charge in [-0.15, -0.1) is 0 Å². The van der Waals surface area contributed by atoms with Gasteiger partial charge in [0.25, 0.3) is 0 Å². The Bertz CT molecular complexity index is 577. The summed E-state index contributed by atoms with van der Waals surface area (Å²) in [5.41, 5.74) is 0.231. The zero-order chi connectivity index (χ0) is 19.6. The third-order valence-corrected chi connectivity index (χ3v) is 7.31. The largest absolute Gasteiger partial charge is 0.381 e. The zero-order valence-electron chi connectivity index (χ0n) is 17.7. The van der Waals surface area contributed by atoms with Crippen LogP contribution in [0.25, 0.3) is 0 Å². The van der Waals surface area contributed by atoms with Gasteiger partial charge in [-0.25, -0.2) is 0 Å². The molecule has 7 heteroatoms. The Balaban J connectivity index is 1.34. The topological polar surface area (TPSA) is 60.4 Å². The molecule has 1 amide bonds. The number of piperazine rings is 1. The molecule has 0 atom stereocenters. The van der Waals surface area contributed by atoms with E-state index in [4.69, 9.17) is 4.74 Å². The highest BCUT2D eigenvalue weighted by Gasteiger charge is 2.42. The number of rotatable bonds is 5. The highest BCUT2D eigenvalue weighted by atomic mass is 16.5. The molecule has 0 radical (unpaired) electrons. The van der Waals surface area contributed by atoms with Gasteiger partial charge in [-0.05, 0) is 38.5 Å². The van der Waals surface area contributed by atoms with Crippen molar-refractivity contribution in [3.8, 4) is 0 Å². The van der Waals surface area contributed by atoms with Crippen molar-refractivity contribution < 1.29 is 9.53 Å². The highest BCUT2D eigenvalue weighted by molar-refractivity contribution is 5.88. The van der Waals surface area contributed by atoms with Crippen LogP contribution in [0.5, 0.6) is 0 Å². The summed E-state index contributed by atoms with van der Waals surface area (Å²) in [6.45, 7) is 5.35. The number of amides is 1. The third kappa shape index (κ3) is 4.15. The van der Waals surface area contributed by atoms with Crippen molar-refractivity contribution in [2.45, 2.75) is 69.1 Å². The SMILES string of the molecule is CN=C(NCC1(N2CCC(OC)CC2)CCCC1)N1CCN(C2CC2)C(=O)C1. The first-order chi connectivity index (χ1) is 13.6. The molecule has 0 aromatic heterocycles. The molecule has 28 heavy (non-hydrogen) atoms. The molecular formula is C21H37N5O2. The van der Waals surface area contributed by atoms with Crippen LogP contribution in [0, 0.1) is 0 Å². The molecule has 4 fully saturated rings. The second-order valence-electron chi connectivity index (χ2n) is 8.99. The number of carbonyl (C=O) groups is 1. The maximum Gasteiger partial charge on any atom is 0.242 e. The number of aliphatic imine (C=N–C) groups is 1. The number of methoxy groups -OCH3 is 1. The van der Waals surface area contributed by atoms with E-state index in [1.54, 1.807) is 0 Å². The summed E-state index contributed by atoms with van der Waals surface area (Å²) in [6.07, 6.45) is 10.2. The molecule has 2 aliphatic carbocycles. The first-order valence-electron chi connectivity index (χ1n) is 11.2. The molecule has 158 valence electrons. The predicted molar refractivity (Wildman–Crippen MR) is 110 cm³/mol. The van der Waals surface area contributed by atoms with Crippen LogP contribution < -0.4 is 5.32 Å². The number of piperidine rings is 1. The molecule has 7 nitrogen and oxygen atoms in total. The Kier molecular flexibility index (Phi) is 6.11. The quantitative estimate of drug-likeness (QED) is 0.565. The van der Waals surface area contributed by atoms with Gasteiger partial charge in [0.15, 0.2) is 5.96 Å². The van der Waals surface area contributed by atoms with Crippen LogP contribution in [-0.2, 0) is 9.53 Å². The van der Waals surface area contributed by atoms with Gasteiger partial charge in [-0.3, -0.25) is 14.7 Å². The van der Waals surface area contributed by atoms with Crippen molar-refractivity contribution in [3.63, 3.8) is 0 Å². The van der Waals surface area contributed by atoms with Gasteiger partial charge in [-0.1, -0.05) is 12.8 Å². The minimum atomic E-state index is 0.231. The highest BCUT2D eigenvalue weighted by Crippen LogP contribution is 2.37. The van der Waals surface area contributed by atoms with E-state index in [1.807, 2.05) is 14.2 Å². The molecule has 1 N–H and O–H groups in total. The average molecular weight is 392 g/mol. The van der Waals surface area contributed by atoms with Crippen molar-refractivity contribution in [1.29, 1.82) is 0 Å². The molecule has 0 bridgehead atoms. The van der Waals surface area contributed by atoms with E-state index < -0.39 is 0 Å². The molecule has 2 saturated heterocycles. The fraction of sp³-hybridized carbons (Fsp3) is 0.905. The lowest BCUT2D eigenvalue weighted by Crippen LogP contribution is -2.60. The fourth-order valence-corrected chi connectivity index (χ4v) is 5.42. The van der Waals surface area contributed by atoms with E-state index in [0.29, 0.717) is 18.7 Å². The average Bonchev–Trinajstić information content (AvgIpc) is 3.46. The fourth-order valence-electron chi connectivity index (χ4n) is 5.42. The Hall–Kier alpha value is -1.34. The molecule has 2 heterocycles. The monoisotopic (exact) mass is 391 g/mol. The summed E-state index contributed by atoms with van der Waals surface area (Å²) in [5, 5.41) is 3.66. The molecule has 2 aliphatic heterocycles. The third-order valence-electron chi connectivity index (χ3n) is 7.31. The number of hydrogen-bond donors (Lipinski definition) is 1. The molecule has 4 rings (SSSR count). The second-order valence-corrected chi connectivity index (χ2v) is 8.99. The number of ether oxygens (including phenoxy) is 1. The zero-order valence-corrected chi connectivity index (χ0v) is 17.7. The summed E-state index contributed by atoms with van der Waals surface area (Å²) < 4.78 is 5.57. The molecule has 0 spiro atoms. The Morgan fingerprint density at radius 3 is 2.43 bits per heavy atom. The van der Waals surface area contributed by atoms with Crippen LogP contribution in [0.15, 0.2) is 4.99 Å². The maximum atomic E-state index is 12.5. The lowest BCUT2D eigenvalue weighted by atomic mass is 9.91. The van der Waals surface area contributed by atoms with E-state index in [1.165, 1.54) is 38.5 Å². The summed E-state index contributed by atoms with van der Waals surface area (Å²) in [7, 11) is 3.67. The van der Waals surface area contributed by atoms with Gasteiger partial charge in [0.05, 0.1) is 12.6 Å². The number of carbonyl (C=O) groups excluding carboxylic acids is 1. The van der Waals surface area contributed by atoms with Gasteiger partial charge in [-0.2, -0.15) is 0 Å². The minimum Gasteiger partial charge on any atom is -0.381 e. The number of nitrogens with one attached hydrogen (secondary N) is 1. The standard InChI is InChI=1S/C21H37N5O2/c1-22-20(24-13-14-26(17-5-6-17)19(27)15-24)23-16-21(9-3-4-10-21)25-11-7-18(28-2)8-12-25/h17-18H,3-16H2,1-2H3,(H,22,23). The maximum absolute atomic E-state index is 12.5. The summed E-state index contributed by atoms with van der Waals surface area (Å²) in [6, 6.07) is 0.515. The lowest BCUT2D eigenvalue weighted by Gasteiger charge is -2.46. The van der Waals surface area contributed by atoms with E-state index in [-0.39, 0.29) is 11.4 Å². The Labute approximate surface area is 169 Å². The summed E-state index contributed by atoms with van der Waals surface area (Å²) in [5.74, 6) is 1.15. The van der Waals surface area contributed by atoms with Crippen LogP contribution in [-0.4, -0.2) is 97.7 Å². The number of hydrogen-bond acceptors (Lipinski definition) is 4. The Morgan fingerprint density at radius 1 is 1.14 bits per heavy atom. The summed E-state index contributed by atoms with van der Waals surface area (Å²) in [4.78, 5) is 23.9. The van der Waals surface area contributed by atoms with Gasteiger partial charge in [0.2, 0.25) is 5.91 Å². The van der Waals surface area contributed by atoms with Crippen LogP contribution in [0.2, 0.25) is 0 Å². The van der Waals surface area contributed by atoms with Crippen LogP contribution in [0.3, 0.4) is 0 Å². The second kappa shape index (κ2) is 8.57. The lowest BCUT2D eigenvalue weighted by molar-refractivity contribution is -0.135. The molecule has 0 aromatic rings. The molecule has 0 aromatic carbocycles. The smallest absolute Gasteiger partial charge is 0.242 e. The first kappa shape index (κ1) is 20.0. The van der Waals surface area contributed by atoms with Crippen LogP contribution in [0.4, 0.5) is 0 Å². The number of guanidine groups is 1. The number of nitrogens with zero attached hydrogens (tertiary/aromatic N) is 4. The van der Waals surface area contributed by atoms with Gasteiger partial charge >= 0.3 is 0 Å². The summed E-state index contributed by atoms with van der Waals surface area (Å²) >= 11 is 0. The van der Waals surface area contributed by atoms with E-state index >= 15 is 0 Å². The van der Waals surface area contributed by atoms with Crippen molar-refractivity contribution in [1.82, 2.24) is 20.0 Å². The normalized spacial score (nSPS) is 27.5. The van der Waals surface area contributed by atoms with E-state index in [9.17, 15) is 4.79 Å². The minimum absolute atomic E-state index is 0.231. The molecule has 2 saturated carbocycles. The Morgan fingerprint density at radius 2 is 1.86 bits per heavy atom. The van der Waals surface area contributed by atoms with E-state index in [2.05, 4.69) is 25.0 Å². The predicted octanol–water partition coefficient (Wildman–Crippen LogP) is 1.29.